The molecule has 3 atom stereocenters. The molecule has 2 aromatic rings. The molecule has 31 heavy (non-hydrogen) atoms. The van der Waals surface area contributed by atoms with E-state index in [0.29, 0.717) is 41.7 Å². The van der Waals surface area contributed by atoms with Crippen LogP contribution < -0.4 is 24.8 Å². The largest absolute Gasteiger partial charge is 0.486 e. The van der Waals surface area contributed by atoms with Crippen LogP contribution in [-0.2, 0) is 14.4 Å². The van der Waals surface area contributed by atoms with E-state index in [1.807, 2.05) is 6.07 Å². The highest BCUT2D eigenvalue weighted by molar-refractivity contribution is 8.04. The quantitative estimate of drug-likeness (QED) is 0.411. The van der Waals surface area contributed by atoms with Crippen molar-refractivity contribution in [3.8, 4) is 17.2 Å². The number of nitrogens with zero attached hydrogens (tertiary/aromatic N) is 1. The first-order valence-corrected chi connectivity index (χ1v) is 10.7. The van der Waals surface area contributed by atoms with Crippen LogP contribution in [0, 0.1) is 5.92 Å². The van der Waals surface area contributed by atoms with Crippen molar-refractivity contribution in [3.05, 3.63) is 58.6 Å². The summed E-state index contributed by atoms with van der Waals surface area (Å²) < 4.78 is 16.6. The van der Waals surface area contributed by atoms with Crippen LogP contribution in [0.3, 0.4) is 0 Å². The minimum Gasteiger partial charge on any atom is -0.486 e. The van der Waals surface area contributed by atoms with Crippen molar-refractivity contribution in [3.63, 3.8) is 0 Å². The van der Waals surface area contributed by atoms with Gasteiger partial charge in [-0.05, 0) is 18.2 Å². The lowest BCUT2D eigenvalue weighted by atomic mass is 9.77. The van der Waals surface area contributed by atoms with Gasteiger partial charge in [-0.1, -0.05) is 30.0 Å². The highest BCUT2D eigenvalue weighted by Crippen LogP contribution is 2.54. The van der Waals surface area contributed by atoms with Crippen LogP contribution >= 0.6 is 11.8 Å². The van der Waals surface area contributed by atoms with Crippen LogP contribution in [0.4, 0.5) is 5.69 Å². The lowest BCUT2D eigenvalue weighted by Crippen LogP contribution is -2.39. The number of para-hydroxylation sites is 1. The Bertz CT molecular complexity index is 1210. The zero-order chi connectivity index (χ0) is 21.3. The summed E-state index contributed by atoms with van der Waals surface area (Å²) in [5.74, 6) is -1.28. The molecular formula is C22H16N2O6S. The zero-order valence-electron chi connectivity index (χ0n) is 16.1. The second-order valence-corrected chi connectivity index (χ2v) is 8.77. The topological polar surface area (TPSA) is 108 Å². The molecule has 2 aromatic carbocycles. The maximum atomic E-state index is 13.6. The van der Waals surface area contributed by atoms with Gasteiger partial charge >= 0.3 is 5.97 Å². The number of esters is 1. The van der Waals surface area contributed by atoms with E-state index >= 15 is 0 Å². The molecule has 0 spiro atoms. The predicted octanol–water partition coefficient (Wildman–Crippen LogP) is 1.94. The SMILES string of the molecule is NC1=C2C(=O)Oc3ccccc3[C@@H]2[C@@H]2C(=O)N(c3ccc4c(c3)OCCO4)C(=O)[C@@H]2S1. The number of hydrogen-bond donors (Lipinski definition) is 1. The first-order valence-electron chi connectivity index (χ1n) is 9.79. The molecule has 0 radical (unpaired) electrons. The van der Waals surface area contributed by atoms with E-state index in [1.54, 1.807) is 36.4 Å². The molecule has 0 aromatic heterocycles. The number of nitrogens with two attached hydrogens (primary N) is 1. The Kier molecular flexibility index (Phi) is 3.85. The molecule has 9 heteroatoms. The number of fused-ring (bicyclic) bond motifs is 6. The smallest absolute Gasteiger partial charge is 0.342 e. The Labute approximate surface area is 180 Å². The van der Waals surface area contributed by atoms with Crippen molar-refractivity contribution in [2.45, 2.75) is 11.2 Å². The molecule has 4 aliphatic heterocycles. The Morgan fingerprint density at radius 1 is 0.935 bits per heavy atom. The summed E-state index contributed by atoms with van der Waals surface area (Å²) in [4.78, 5) is 40.8. The summed E-state index contributed by atoms with van der Waals surface area (Å²) in [6.07, 6.45) is 0. The third-order valence-corrected chi connectivity index (χ3v) is 7.17. The zero-order valence-corrected chi connectivity index (χ0v) is 16.9. The number of carbonyl (C=O) groups excluding carboxylic acids is 3. The first kappa shape index (κ1) is 18.3. The van der Waals surface area contributed by atoms with E-state index in [2.05, 4.69) is 0 Å². The third kappa shape index (κ3) is 2.53. The Hall–Kier alpha value is -3.46. The summed E-state index contributed by atoms with van der Waals surface area (Å²) in [6, 6.07) is 12.0. The molecule has 1 fully saturated rings. The second kappa shape index (κ2) is 6.52. The number of hydrogen-bond acceptors (Lipinski definition) is 8. The molecule has 4 aliphatic rings. The Balaban J connectivity index is 1.46. The molecule has 8 nitrogen and oxygen atoms in total. The van der Waals surface area contributed by atoms with Gasteiger partial charge in [-0.2, -0.15) is 0 Å². The minimum atomic E-state index is -0.762. The van der Waals surface area contributed by atoms with E-state index in [-0.39, 0.29) is 22.4 Å². The molecule has 1 saturated heterocycles. The van der Waals surface area contributed by atoms with Gasteiger partial charge in [-0.3, -0.25) is 9.59 Å². The van der Waals surface area contributed by atoms with Gasteiger partial charge in [0.15, 0.2) is 11.5 Å². The molecule has 0 bridgehead atoms. The van der Waals surface area contributed by atoms with Crippen molar-refractivity contribution in [1.29, 1.82) is 0 Å². The van der Waals surface area contributed by atoms with Crippen molar-refractivity contribution in [2.24, 2.45) is 11.7 Å². The number of thioether (sulfide) groups is 1. The number of imide groups is 1. The number of anilines is 1. The summed E-state index contributed by atoms with van der Waals surface area (Å²) in [5, 5.41) is -0.510. The maximum absolute atomic E-state index is 13.6. The number of ether oxygens (including phenoxy) is 3. The Morgan fingerprint density at radius 3 is 2.55 bits per heavy atom. The number of benzene rings is 2. The summed E-state index contributed by atoms with van der Waals surface area (Å²) >= 11 is 1.05. The van der Waals surface area contributed by atoms with Crippen molar-refractivity contribution in [1.82, 2.24) is 0 Å². The van der Waals surface area contributed by atoms with Crippen LogP contribution in [0.1, 0.15) is 11.5 Å². The van der Waals surface area contributed by atoms with Gasteiger partial charge in [0.2, 0.25) is 11.8 Å². The minimum absolute atomic E-state index is 0.218. The average Bonchev–Trinajstić information content (AvgIpc) is 3.02. The van der Waals surface area contributed by atoms with E-state index in [0.717, 1.165) is 11.8 Å². The summed E-state index contributed by atoms with van der Waals surface area (Å²) in [6.45, 7) is 0.837. The van der Waals surface area contributed by atoms with Gasteiger partial charge in [-0.15, -0.1) is 0 Å². The van der Waals surface area contributed by atoms with Gasteiger partial charge in [0.25, 0.3) is 0 Å². The number of rotatable bonds is 1. The maximum Gasteiger partial charge on any atom is 0.342 e. The lowest BCUT2D eigenvalue weighted by molar-refractivity contribution is -0.131. The summed E-state index contributed by atoms with van der Waals surface area (Å²) in [5.41, 5.74) is 7.53. The first-order chi connectivity index (χ1) is 15.0. The van der Waals surface area contributed by atoms with Crippen LogP contribution in [0.2, 0.25) is 0 Å². The molecule has 6 rings (SSSR count). The Morgan fingerprint density at radius 2 is 1.71 bits per heavy atom. The van der Waals surface area contributed by atoms with Crippen LogP contribution in [0.25, 0.3) is 0 Å². The fraction of sp³-hybridized carbons (Fsp3) is 0.227. The normalized spacial score (nSPS) is 26.3. The molecule has 156 valence electrons. The van der Waals surface area contributed by atoms with Crippen LogP contribution in [0.5, 0.6) is 17.2 Å². The van der Waals surface area contributed by atoms with E-state index in [9.17, 15) is 14.4 Å². The van der Waals surface area contributed by atoms with Crippen LogP contribution in [-0.4, -0.2) is 36.2 Å². The van der Waals surface area contributed by atoms with Crippen molar-refractivity contribution >= 4 is 35.2 Å². The highest BCUT2D eigenvalue weighted by Gasteiger charge is 2.58. The van der Waals surface area contributed by atoms with Crippen LogP contribution in [0.15, 0.2) is 53.1 Å². The van der Waals surface area contributed by atoms with E-state index < -0.39 is 23.1 Å². The van der Waals surface area contributed by atoms with Gasteiger partial charge in [0.05, 0.1) is 22.2 Å². The fourth-order valence-corrected chi connectivity index (χ4v) is 5.87. The van der Waals surface area contributed by atoms with Gasteiger partial charge in [-0.25, -0.2) is 9.69 Å². The molecule has 4 heterocycles. The molecule has 2 N–H and O–H groups in total. The molecule has 0 unspecified atom stereocenters. The molecular weight excluding hydrogens is 420 g/mol. The van der Waals surface area contributed by atoms with Crippen molar-refractivity contribution in [2.75, 3.05) is 18.1 Å². The monoisotopic (exact) mass is 436 g/mol. The third-order valence-electron chi connectivity index (χ3n) is 5.95. The summed E-state index contributed by atoms with van der Waals surface area (Å²) in [7, 11) is 0. The predicted molar refractivity (Wildman–Crippen MR) is 111 cm³/mol. The second-order valence-electron chi connectivity index (χ2n) is 7.59. The average molecular weight is 436 g/mol. The molecule has 0 saturated carbocycles. The highest BCUT2D eigenvalue weighted by atomic mass is 32.2. The van der Waals surface area contributed by atoms with Gasteiger partial charge in [0, 0.05) is 17.5 Å². The number of carbonyl (C=O) groups is 3. The molecule has 0 aliphatic carbocycles. The number of amides is 2. The standard InChI is InChI=1S/C22H16N2O6S/c23-19-17-15(11-3-1-2-4-12(11)30-22(17)27)16-18(31-19)21(26)24(20(16)25)10-5-6-13-14(9-10)29-8-7-28-13/h1-6,9,15-16,18H,7-8,23H2/t15-,16+,18-/m1/s1. The fourth-order valence-electron chi connectivity index (χ4n) is 4.63. The lowest BCUT2D eigenvalue weighted by Gasteiger charge is -2.36. The van der Waals surface area contributed by atoms with E-state index in [1.165, 1.54) is 4.90 Å². The van der Waals surface area contributed by atoms with E-state index in [4.69, 9.17) is 19.9 Å². The molecule has 2 amide bonds. The van der Waals surface area contributed by atoms with Gasteiger partial charge in [0.1, 0.15) is 24.2 Å². The van der Waals surface area contributed by atoms with Gasteiger partial charge < -0.3 is 19.9 Å². The van der Waals surface area contributed by atoms with Crippen molar-refractivity contribution < 1.29 is 28.6 Å².